The number of fused-ring (bicyclic) bond motifs is 1. The topological polar surface area (TPSA) is 63.2 Å². The molecule has 0 saturated carbocycles. The Hall–Kier alpha value is -1.90. The SMILES string of the molecule is C[C@H](CS(C)(=O)=O)N(C)c1nc(C(F)(F)F)nc2ccccc12. The third-order valence-electron chi connectivity index (χ3n) is 3.38. The summed E-state index contributed by atoms with van der Waals surface area (Å²) < 4.78 is 61.8. The zero-order valence-corrected chi connectivity index (χ0v) is 13.6. The Morgan fingerprint density at radius 2 is 1.83 bits per heavy atom. The van der Waals surface area contributed by atoms with Crippen molar-refractivity contribution >= 4 is 26.6 Å². The van der Waals surface area contributed by atoms with Crippen molar-refractivity contribution in [3.8, 4) is 0 Å². The van der Waals surface area contributed by atoms with Crippen molar-refractivity contribution in [2.45, 2.75) is 19.1 Å². The highest BCUT2D eigenvalue weighted by Crippen LogP contribution is 2.31. The first-order valence-electron chi connectivity index (χ1n) is 6.73. The Morgan fingerprint density at radius 1 is 1.22 bits per heavy atom. The molecule has 1 aromatic heterocycles. The lowest BCUT2D eigenvalue weighted by atomic mass is 10.2. The largest absolute Gasteiger partial charge is 0.451 e. The van der Waals surface area contributed by atoms with E-state index in [-0.39, 0.29) is 17.1 Å². The van der Waals surface area contributed by atoms with Gasteiger partial charge < -0.3 is 4.90 Å². The van der Waals surface area contributed by atoms with Gasteiger partial charge in [0.05, 0.1) is 11.3 Å². The van der Waals surface area contributed by atoms with Gasteiger partial charge in [-0.15, -0.1) is 0 Å². The van der Waals surface area contributed by atoms with E-state index in [4.69, 9.17) is 0 Å². The zero-order valence-electron chi connectivity index (χ0n) is 12.8. The third kappa shape index (κ3) is 4.10. The molecule has 0 saturated heterocycles. The minimum atomic E-state index is -4.68. The number of rotatable bonds is 4. The highest BCUT2D eigenvalue weighted by atomic mass is 32.2. The van der Waals surface area contributed by atoms with Crippen molar-refractivity contribution in [1.82, 2.24) is 9.97 Å². The Bertz CT molecular complexity index is 822. The maximum absolute atomic E-state index is 13.0. The average molecular weight is 347 g/mol. The van der Waals surface area contributed by atoms with E-state index in [0.29, 0.717) is 5.39 Å². The number of alkyl halides is 3. The number of anilines is 1. The molecule has 2 aromatic rings. The molecule has 0 N–H and O–H groups in total. The average Bonchev–Trinajstić information content (AvgIpc) is 2.42. The molecule has 0 spiro atoms. The van der Waals surface area contributed by atoms with Crippen LogP contribution < -0.4 is 4.90 Å². The molecule has 0 amide bonds. The maximum atomic E-state index is 13.0. The minimum Gasteiger partial charge on any atom is -0.355 e. The number of halogens is 3. The van der Waals surface area contributed by atoms with Crippen LogP contribution in [0.3, 0.4) is 0 Å². The normalized spacial score (nSPS) is 14.0. The number of para-hydroxylation sites is 1. The Labute approximate surface area is 132 Å². The van der Waals surface area contributed by atoms with Gasteiger partial charge in [0, 0.05) is 24.7 Å². The number of sulfone groups is 1. The third-order valence-corrected chi connectivity index (χ3v) is 4.46. The van der Waals surface area contributed by atoms with Crippen molar-refractivity contribution in [3.05, 3.63) is 30.1 Å². The fourth-order valence-corrected chi connectivity index (χ4v) is 3.31. The van der Waals surface area contributed by atoms with Crippen LogP contribution >= 0.6 is 0 Å². The van der Waals surface area contributed by atoms with Crippen molar-refractivity contribution in [3.63, 3.8) is 0 Å². The molecular formula is C14H16F3N3O2S. The molecule has 0 aliphatic rings. The van der Waals surface area contributed by atoms with Gasteiger partial charge in [0.25, 0.3) is 0 Å². The molecule has 9 heteroatoms. The molecule has 0 radical (unpaired) electrons. The number of benzene rings is 1. The van der Waals surface area contributed by atoms with Crippen LogP contribution in [0.1, 0.15) is 12.7 Å². The Balaban J connectivity index is 2.58. The monoisotopic (exact) mass is 347 g/mol. The molecule has 1 atom stereocenters. The van der Waals surface area contributed by atoms with Gasteiger partial charge in [-0.2, -0.15) is 13.2 Å². The number of aromatic nitrogens is 2. The summed E-state index contributed by atoms with van der Waals surface area (Å²) in [7, 11) is -1.76. The van der Waals surface area contributed by atoms with E-state index in [0.717, 1.165) is 6.26 Å². The van der Waals surface area contributed by atoms with Crippen molar-refractivity contribution in [2.75, 3.05) is 24.0 Å². The minimum absolute atomic E-state index is 0.0547. The highest BCUT2D eigenvalue weighted by Gasteiger charge is 2.36. The molecule has 1 heterocycles. The molecular weight excluding hydrogens is 331 g/mol. The van der Waals surface area contributed by atoms with Gasteiger partial charge in [0.1, 0.15) is 15.7 Å². The van der Waals surface area contributed by atoms with Gasteiger partial charge in [-0.1, -0.05) is 12.1 Å². The van der Waals surface area contributed by atoms with Crippen LogP contribution in [-0.2, 0) is 16.0 Å². The molecule has 0 bridgehead atoms. The molecule has 0 aliphatic heterocycles. The van der Waals surface area contributed by atoms with Gasteiger partial charge in [-0.05, 0) is 19.1 Å². The van der Waals surface area contributed by atoms with Crippen LogP contribution in [0.15, 0.2) is 24.3 Å². The van der Waals surface area contributed by atoms with E-state index >= 15 is 0 Å². The van der Waals surface area contributed by atoms with Crippen molar-refractivity contribution in [1.29, 1.82) is 0 Å². The smallest absolute Gasteiger partial charge is 0.355 e. The summed E-state index contributed by atoms with van der Waals surface area (Å²) in [5.74, 6) is -1.38. The lowest BCUT2D eigenvalue weighted by Gasteiger charge is -2.27. The van der Waals surface area contributed by atoms with E-state index in [1.807, 2.05) is 0 Å². The molecule has 23 heavy (non-hydrogen) atoms. The summed E-state index contributed by atoms with van der Waals surface area (Å²) in [5, 5.41) is 0.434. The van der Waals surface area contributed by atoms with Gasteiger partial charge in [-0.3, -0.25) is 0 Å². The second-order valence-corrected chi connectivity index (χ2v) is 7.62. The van der Waals surface area contributed by atoms with Crippen LogP contribution in [0.4, 0.5) is 19.0 Å². The summed E-state index contributed by atoms with van der Waals surface area (Å²) >= 11 is 0. The molecule has 5 nitrogen and oxygen atoms in total. The molecule has 0 fully saturated rings. The second-order valence-electron chi connectivity index (χ2n) is 5.44. The summed E-state index contributed by atoms with van der Waals surface area (Å²) in [6, 6.07) is 5.78. The molecule has 0 aliphatic carbocycles. The fourth-order valence-electron chi connectivity index (χ4n) is 2.21. The Kier molecular flexibility index (Phi) is 4.52. The van der Waals surface area contributed by atoms with Gasteiger partial charge in [0.15, 0.2) is 0 Å². The van der Waals surface area contributed by atoms with Crippen LogP contribution in [0, 0.1) is 0 Å². The summed E-state index contributed by atoms with van der Waals surface area (Å²) in [4.78, 5) is 8.59. The van der Waals surface area contributed by atoms with Gasteiger partial charge in [-0.25, -0.2) is 18.4 Å². The van der Waals surface area contributed by atoms with Crippen molar-refractivity contribution < 1.29 is 21.6 Å². The quantitative estimate of drug-likeness (QED) is 0.850. The van der Waals surface area contributed by atoms with E-state index in [1.54, 1.807) is 25.1 Å². The standard InChI is InChI=1S/C14H16F3N3O2S/c1-9(8-23(3,21)22)20(2)12-10-6-4-5-7-11(10)18-13(19-12)14(15,16)17/h4-7,9H,8H2,1-3H3/t9-/m1/s1. The summed E-state index contributed by atoms with van der Waals surface area (Å²) in [6.45, 7) is 1.62. The molecule has 1 aromatic carbocycles. The van der Waals surface area contributed by atoms with Crippen LogP contribution in [-0.4, -0.2) is 43.5 Å². The predicted molar refractivity (Wildman–Crippen MR) is 82.1 cm³/mol. The number of hydrogen-bond donors (Lipinski definition) is 0. The predicted octanol–water partition coefficient (Wildman–Crippen LogP) is 2.52. The van der Waals surface area contributed by atoms with E-state index < -0.39 is 27.9 Å². The number of hydrogen-bond acceptors (Lipinski definition) is 5. The van der Waals surface area contributed by atoms with Crippen LogP contribution in [0.25, 0.3) is 10.9 Å². The Morgan fingerprint density at radius 3 is 2.39 bits per heavy atom. The fraction of sp³-hybridized carbons (Fsp3) is 0.429. The maximum Gasteiger partial charge on any atom is 0.451 e. The lowest BCUT2D eigenvalue weighted by Crippen LogP contribution is -2.36. The molecule has 126 valence electrons. The van der Waals surface area contributed by atoms with E-state index in [9.17, 15) is 21.6 Å². The van der Waals surface area contributed by atoms with Gasteiger partial charge >= 0.3 is 6.18 Å². The first kappa shape index (κ1) is 17.5. The van der Waals surface area contributed by atoms with E-state index in [2.05, 4.69) is 9.97 Å². The summed E-state index contributed by atoms with van der Waals surface area (Å²) in [5.41, 5.74) is 0.156. The van der Waals surface area contributed by atoms with Crippen LogP contribution in [0.5, 0.6) is 0 Å². The van der Waals surface area contributed by atoms with Crippen molar-refractivity contribution in [2.24, 2.45) is 0 Å². The first-order chi connectivity index (χ1) is 10.5. The zero-order chi connectivity index (χ0) is 17.4. The first-order valence-corrected chi connectivity index (χ1v) is 8.79. The second kappa shape index (κ2) is 5.95. The van der Waals surface area contributed by atoms with Gasteiger partial charge in [0.2, 0.25) is 5.82 Å². The lowest BCUT2D eigenvalue weighted by molar-refractivity contribution is -0.144. The van der Waals surface area contributed by atoms with Crippen LogP contribution in [0.2, 0.25) is 0 Å². The highest BCUT2D eigenvalue weighted by molar-refractivity contribution is 7.90. The summed E-state index contributed by atoms with van der Waals surface area (Å²) in [6.07, 6.45) is -3.60. The molecule has 2 rings (SSSR count). The van der Waals surface area contributed by atoms with E-state index in [1.165, 1.54) is 18.0 Å². The molecule has 0 unspecified atom stereocenters. The number of nitrogens with zero attached hydrogens (tertiary/aromatic N) is 3.